The van der Waals surface area contributed by atoms with Crippen LogP contribution in [0.1, 0.15) is 31.6 Å². The normalized spacial score (nSPS) is 24.3. The largest absolute Gasteiger partial charge is 0.344 e. The molecule has 2 amide bonds. The minimum atomic E-state index is -0.409. The van der Waals surface area contributed by atoms with Crippen molar-refractivity contribution in [1.82, 2.24) is 10.2 Å². The fourth-order valence-electron chi connectivity index (χ4n) is 2.23. The molecule has 4 nitrogen and oxygen atoms in total. The molecule has 1 saturated heterocycles. The number of amides is 2. The molecule has 0 radical (unpaired) electrons. The molecule has 104 valence electrons. The Morgan fingerprint density at radius 1 is 1.47 bits per heavy atom. The first-order valence-corrected chi connectivity index (χ1v) is 7.54. The zero-order valence-electron chi connectivity index (χ0n) is 11.0. The number of halogens is 1. The number of carbonyl (C=O) groups is 2. The van der Waals surface area contributed by atoms with Crippen LogP contribution in [0.4, 0.5) is 0 Å². The molecule has 0 aromatic carbocycles. The summed E-state index contributed by atoms with van der Waals surface area (Å²) in [4.78, 5) is 26.9. The Hall–Kier alpha value is -1.07. The van der Waals surface area contributed by atoms with E-state index in [-0.39, 0.29) is 17.9 Å². The summed E-state index contributed by atoms with van der Waals surface area (Å²) in [5, 5.41) is 2.78. The Labute approximate surface area is 121 Å². The molecule has 1 aliphatic heterocycles. The van der Waals surface area contributed by atoms with Crippen molar-refractivity contribution in [2.45, 2.75) is 45.3 Å². The molecule has 19 heavy (non-hydrogen) atoms. The van der Waals surface area contributed by atoms with Crippen molar-refractivity contribution in [2.75, 3.05) is 0 Å². The van der Waals surface area contributed by atoms with Gasteiger partial charge in [-0.15, -0.1) is 11.3 Å². The summed E-state index contributed by atoms with van der Waals surface area (Å²) in [5.41, 5.74) is 0. The fraction of sp³-hybridized carbons (Fsp3) is 0.538. The van der Waals surface area contributed by atoms with E-state index in [9.17, 15) is 9.59 Å². The lowest BCUT2D eigenvalue weighted by molar-refractivity contribution is -0.135. The molecule has 2 atom stereocenters. The van der Waals surface area contributed by atoms with Gasteiger partial charge in [-0.2, -0.15) is 0 Å². The molecule has 1 aliphatic rings. The second-order valence-electron chi connectivity index (χ2n) is 4.75. The monoisotopic (exact) mass is 300 g/mol. The highest BCUT2D eigenvalue weighted by Crippen LogP contribution is 2.25. The average Bonchev–Trinajstić information content (AvgIpc) is 2.73. The quantitative estimate of drug-likeness (QED) is 0.932. The van der Waals surface area contributed by atoms with Gasteiger partial charge in [-0.05, 0) is 25.5 Å². The summed E-state index contributed by atoms with van der Waals surface area (Å²) in [7, 11) is 0. The molecule has 0 saturated carbocycles. The van der Waals surface area contributed by atoms with Gasteiger partial charge in [0.1, 0.15) is 6.04 Å². The SMILES string of the molecule is CCC1NC(=O)CC(C)N(Cc2ccc(Cl)s2)C1=O. The number of carbonyl (C=O) groups excluding carboxylic acids is 2. The number of hydrogen-bond donors (Lipinski definition) is 1. The van der Waals surface area contributed by atoms with Gasteiger partial charge < -0.3 is 10.2 Å². The molecule has 1 aromatic rings. The van der Waals surface area contributed by atoms with E-state index in [1.807, 2.05) is 26.0 Å². The number of nitrogens with zero attached hydrogens (tertiary/aromatic N) is 1. The minimum absolute atomic E-state index is 0.00891. The van der Waals surface area contributed by atoms with Crippen LogP contribution in [0.25, 0.3) is 0 Å². The van der Waals surface area contributed by atoms with E-state index in [2.05, 4.69) is 5.32 Å². The maximum atomic E-state index is 12.4. The maximum Gasteiger partial charge on any atom is 0.245 e. The lowest BCUT2D eigenvalue weighted by Crippen LogP contribution is -2.45. The van der Waals surface area contributed by atoms with E-state index in [1.54, 1.807) is 4.90 Å². The molecule has 6 heteroatoms. The first kappa shape index (κ1) is 14.3. The van der Waals surface area contributed by atoms with Crippen LogP contribution in [-0.2, 0) is 16.1 Å². The van der Waals surface area contributed by atoms with Gasteiger partial charge in [-0.1, -0.05) is 18.5 Å². The molecule has 1 fully saturated rings. The Bertz CT molecular complexity index is 489. The van der Waals surface area contributed by atoms with E-state index in [0.29, 0.717) is 23.7 Å². The van der Waals surface area contributed by atoms with Gasteiger partial charge in [0.15, 0.2) is 0 Å². The fourth-order valence-corrected chi connectivity index (χ4v) is 3.31. The van der Waals surface area contributed by atoms with Crippen molar-refractivity contribution < 1.29 is 9.59 Å². The van der Waals surface area contributed by atoms with Gasteiger partial charge in [-0.25, -0.2) is 0 Å². The van der Waals surface area contributed by atoms with Crippen LogP contribution in [0.3, 0.4) is 0 Å². The minimum Gasteiger partial charge on any atom is -0.344 e. The van der Waals surface area contributed by atoms with Crippen LogP contribution < -0.4 is 5.32 Å². The molecule has 1 aromatic heterocycles. The number of hydrogen-bond acceptors (Lipinski definition) is 3. The van der Waals surface area contributed by atoms with Crippen LogP contribution in [-0.4, -0.2) is 28.8 Å². The van der Waals surface area contributed by atoms with Gasteiger partial charge in [0, 0.05) is 17.3 Å². The predicted octanol–water partition coefficient (Wildman–Crippen LogP) is 2.42. The third kappa shape index (κ3) is 3.28. The summed E-state index contributed by atoms with van der Waals surface area (Å²) in [6, 6.07) is 3.25. The summed E-state index contributed by atoms with van der Waals surface area (Å²) in [6.07, 6.45) is 0.959. The smallest absolute Gasteiger partial charge is 0.245 e. The topological polar surface area (TPSA) is 49.4 Å². The van der Waals surface area contributed by atoms with E-state index >= 15 is 0 Å². The van der Waals surface area contributed by atoms with E-state index in [4.69, 9.17) is 11.6 Å². The average molecular weight is 301 g/mol. The standard InChI is InChI=1S/C13H17ClN2O2S/c1-3-10-13(18)16(8(2)6-12(17)15-10)7-9-4-5-11(14)19-9/h4-5,8,10H,3,6-7H2,1-2H3,(H,15,17). The van der Waals surface area contributed by atoms with Crippen LogP contribution in [0.5, 0.6) is 0 Å². The second-order valence-corrected chi connectivity index (χ2v) is 6.55. The third-order valence-electron chi connectivity index (χ3n) is 3.29. The van der Waals surface area contributed by atoms with Gasteiger partial charge in [0.2, 0.25) is 11.8 Å². The van der Waals surface area contributed by atoms with E-state index in [0.717, 1.165) is 4.88 Å². The Kier molecular flexibility index (Phi) is 4.47. The van der Waals surface area contributed by atoms with E-state index < -0.39 is 6.04 Å². The summed E-state index contributed by atoms with van der Waals surface area (Å²) < 4.78 is 0.714. The lowest BCUT2D eigenvalue weighted by Gasteiger charge is -2.28. The van der Waals surface area contributed by atoms with Crippen LogP contribution in [0.2, 0.25) is 4.34 Å². The number of rotatable bonds is 3. The van der Waals surface area contributed by atoms with Gasteiger partial charge >= 0.3 is 0 Å². The first-order chi connectivity index (χ1) is 9.01. The molecule has 0 spiro atoms. The number of nitrogens with one attached hydrogen (secondary N) is 1. The molecular formula is C13H17ClN2O2S. The molecule has 1 N–H and O–H groups in total. The molecule has 2 rings (SSSR count). The summed E-state index contributed by atoms with van der Waals surface area (Å²) in [6.45, 7) is 4.33. The van der Waals surface area contributed by atoms with Gasteiger partial charge in [-0.3, -0.25) is 9.59 Å². The maximum absolute atomic E-state index is 12.4. The molecule has 2 heterocycles. The van der Waals surface area contributed by atoms with Crippen LogP contribution in [0.15, 0.2) is 12.1 Å². The number of thiophene rings is 1. The Morgan fingerprint density at radius 3 is 2.79 bits per heavy atom. The highest BCUT2D eigenvalue weighted by atomic mass is 35.5. The molecule has 0 aliphatic carbocycles. The molecule has 0 bridgehead atoms. The van der Waals surface area contributed by atoms with Crippen molar-refractivity contribution in [1.29, 1.82) is 0 Å². The van der Waals surface area contributed by atoms with E-state index in [1.165, 1.54) is 11.3 Å². The first-order valence-electron chi connectivity index (χ1n) is 6.35. The van der Waals surface area contributed by atoms with Crippen molar-refractivity contribution in [3.63, 3.8) is 0 Å². The third-order valence-corrected chi connectivity index (χ3v) is 4.51. The van der Waals surface area contributed by atoms with Crippen molar-refractivity contribution in [2.24, 2.45) is 0 Å². The highest BCUT2D eigenvalue weighted by molar-refractivity contribution is 7.16. The second kappa shape index (κ2) is 5.92. The Morgan fingerprint density at radius 2 is 2.21 bits per heavy atom. The van der Waals surface area contributed by atoms with Crippen molar-refractivity contribution >= 4 is 34.8 Å². The zero-order valence-corrected chi connectivity index (χ0v) is 12.6. The summed E-state index contributed by atoms with van der Waals surface area (Å²) >= 11 is 7.38. The molecular weight excluding hydrogens is 284 g/mol. The zero-order chi connectivity index (χ0) is 14.0. The lowest BCUT2D eigenvalue weighted by atomic mass is 10.1. The Balaban J connectivity index is 2.19. The van der Waals surface area contributed by atoms with Gasteiger partial charge in [0.05, 0.1) is 10.9 Å². The highest BCUT2D eigenvalue weighted by Gasteiger charge is 2.32. The predicted molar refractivity (Wildman–Crippen MR) is 76.2 cm³/mol. The van der Waals surface area contributed by atoms with Crippen LogP contribution >= 0.6 is 22.9 Å². The van der Waals surface area contributed by atoms with Gasteiger partial charge in [0.25, 0.3) is 0 Å². The molecule has 2 unspecified atom stereocenters. The van der Waals surface area contributed by atoms with Crippen LogP contribution in [0, 0.1) is 0 Å². The van der Waals surface area contributed by atoms with Crippen molar-refractivity contribution in [3.05, 3.63) is 21.3 Å². The summed E-state index contributed by atoms with van der Waals surface area (Å²) in [5.74, 6) is -0.0650. The van der Waals surface area contributed by atoms with Crippen molar-refractivity contribution in [3.8, 4) is 0 Å².